The maximum absolute atomic E-state index is 12.4. The number of hydrogen-bond acceptors (Lipinski definition) is 5. The summed E-state index contributed by atoms with van der Waals surface area (Å²) in [5, 5.41) is 6.87. The summed E-state index contributed by atoms with van der Waals surface area (Å²) in [6, 6.07) is 21.0. The number of benzene rings is 3. The normalized spacial score (nSPS) is 10.6. The summed E-state index contributed by atoms with van der Waals surface area (Å²) in [5.74, 6) is 0.343. The van der Waals surface area contributed by atoms with Crippen LogP contribution in [0.4, 0.5) is 5.69 Å². The monoisotopic (exact) mass is 545 g/mol. The van der Waals surface area contributed by atoms with E-state index in [1.165, 1.54) is 0 Å². The molecule has 0 aliphatic heterocycles. The number of aromatic nitrogens is 1. The summed E-state index contributed by atoms with van der Waals surface area (Å²) in [6.07, 6.45) is 0. The number of nitrogens with zero attached hydrogens (tertiary/aromatic N) is 1. The summed E-state index contributed by atoms with van der Waals surface area (Å²) in [7, 11) is 1.59. The van der Waals surface area contributed by atoms with Crippen molar-refractivity contribution in [1.82, 2.24) is 10.3 Å². The summed E-state index contributed by atoms with van der Waals surface area (Å²) in [4.78, 5) is 17.1. The van der Waals surface area contributed by atoms with E-state index in [-0.39, 0.29) is 11.0 Å². The Kier molecular flexibility index (Phi) is 6.26. The topological polar surface area (TPSA) is 63.2 Å². The van der Waals surface area contributed by atoms with Crippen molar-refractivity contribution < 1.29 is 9.53 Å². The third kappa shape index (κ3) is 4.61. The van der Waals surface area contributed by atoms with Crippen molar-refractivity contribution >= 4 is 73.1 Å². The molecule has 0 radical (unpaired) electrons. The molecule has 8 heteroatoms. The first-order chi connectivity index (χ1) is 14.5. The first-order valence-corrected chi connectivity index (χ1v) is 11.3. The molecule has 0 unspecified atom stereocenters. The molecule has 150 valence electrons. The molecule has 0 saturated heterocycles. The third-order valence-electron chi connectivity index (χ3n) is 4.32. The predicted molar refractivity (Wildman–Crippen MR) is 134 cm³/mol. The van der Waals surface area contributed by atoms with Gasteiger partial charge in [0.1, 0.15) is 10.8 Å². The Hall–Kier alpha value is -2.56. The maximum atomic E-state index is 12.4. The molecular weight excluding hydrogens is 529 g/mol. The highest BCUT2D eigenvalue weighted by molar-refractivity contribution is 14.1. The third-order valence-corrected chi connectivity index (χ3v) is 6.33. The summed E-state index contributed by atoms with van der Waals surface area (Å²) in [5.41, 5.74) is 3.09. The van der Waals surface area contributed by atoms with Crippen molar-refractivity contribution in [3.63, 3.8) is 0 Å². The van der Waals surface area contributed by atoms with Crippen molar-refractivity contribution in [3.8, 4) is 16.3 Å². The average molecular weight is 545 g/mol. The minimum atomic E-state index is -0.273. The SMILES string of the molecule is COc1ccc(-c2nc3ccccc3s2)cc1NC(=S)NC(=O)c1ccc(I)cc1. The number of ether oxygens (including phenoxy) is 1. The van der Waals surface area contributed by atoms with Crippen LogP contribution in [0.5, 0.6) is 5.75 Å². The number of para-hydroxylation sites is 1. The van der Waals surface area contributed by atoms with Crippen LogP contribution in [0, 0.1) is 3.57 Å². The molecule has 0 fully saturated rings. The fourth-order valence-electron chi connectivity index (χ4n) is 2.86. The Morgan fingerprint density at radius 2 is 1.87 bits per heavy atom. The Bertz CT molecular complexity index is 1210. The maximum Gasteiger partial charge on any atom is 0.257 e. The van der Waals surface area contributed by atoms with Crippen LogP contribution in [0.2, 0.25) is 0 Å². The number of nitrogens with one attached hydrogen (secondary N) is 2. The van der Waals surface area contributed by atoms with E-state index in [9.17, 15) is 4.79 Å². The molecule has 0 bridgehead atoms. The molecule has 0 atom stereocenters. The van der Waals surface area contributed by atoms with Gasteiger partial charge in [0.25, 0.3) is 5.91 Å². The average Bonchev–Trinajstić information content (AvgIpc) is 3.18. The van der Waals surface area contributed by atoms with Gasteiger partial charge >= 0.3 is 0 Å². The second-order valence-electron chi connectivity index (χ2n) is 6.32. The largest absolute Gasteiger partial charge is 0.495 e. The summed E-state index contributed by atoms with van der Waals surface area (Å²) in [6.45, 7) is 0. The Labute approximate surface area is 196 Å². The molecule has 3 aromatic carbocycles. The number of rotatable bonds is 4. The van der Waals surface area contributed by atoms with E-state index in [4.69, 9.17) is 21.9 Å². The number of amides is 1. The molecule has 4 rings (SSSR count). The van der Waals surface area contributed by atoms with E-state index in [2.05, 4.69) is 39.3 Å². The second kappa shape index (κ2) is 9.07. The Morgan fingerprint density at radius 3 is 2.60 bits per heavy atom. The van der Waals surface area contributed by atoms with Gasteiger partial charge < -0.3 is 10.1 Å². The zero-order valence-electron chi connectivity index (χ0n) is 15.8. The van der Waals surface area contributed by atoms with E-state index in [1.807, 2.05) is 48.5 Å². The molecule has 0 aliphatic carbocycles. The van der Waals surface area contributed by atoms with E-state index in [0.717, 1.165) is 24.4 Å². The molecule has 1 amide bonds. The van der Waals surface area contributed by atoms with Crippen LogP contribution in [0.3, 0.4) is 0 Å². The number of thiazole rings is 1. The quantitative estimate of drug-likeness (QED) is 0.255. The highest BCUT2D eigenvalue weighted by Gasteiger charge is 2.13. The van der Waals surface area contributed by atoms with Gasteiger partial charge in [0, 0.05) is 14.7 Å². The molecule has 4 aromatic rings. The Balaban J connectivity index is 1.55. The fourth-order valence-corrected chi connectivity index (χ4v) is 4.39. The van der Waals surface area contributed by atoms with Crippen LogP contribution >= 0.6 is 46.1 Å². The van der Waals surface area contributed by atoms with Crippen molar-refractivity contribution in [2.45, 2.75) is 0 Å². The van der Waals surface area contributed by atoms with Gasteiger partial charge in [0.15, 0.2) is 5.11 Å². The van der Waals surface area contributed by atoms with Gasteiger partial charge in [0.05, 0.1) is 23.0 Å². The standard InChI is InChI=1S/C22H16IN3O2S2/c1-28-18-11-8-14(21-24-16-4-2-3-5-19(16)30-21)12-17(18)25-22(29)26-20(27)13-6-9-15(23)10-7-13/h2-12H,1H3,(H2,25,26,27,29). The van der Waals surface area contributed by atoms with E-state index >= 15 is 0 Å². The van der Waals surface area contributed by atoms with Crippen molar-refractivity contribution in [1.29, 1.82) is 0 Å². The molecule has 1 heterocycles. The zero-order valence-corrected chi connectivity index (χ0v) is 19.6. The molecule has 30 heavy (non-hydrogen) atoms. The van der Waals surface area contributed by atoms with Gasteiger partial charge in [-0.2, -0.15) is 0 Å². The molecule has 1 aromatic heterocycles. The van der Waals surface area contributed by atoms with E-state index < -0.39 is 0 Å². The van der Waals surface area contributed by atoms with Crippen LogP contribution in [0.25, 0.3) is 20.8 Å². The smallest absolute Gasteiger partial charge is 0.257 e. The van der Waals surface area contributed by atoms with Crippen LogP contribution in [-0.2, 0) is 0 Å². The number of methoxy groups -OCH3 is 1. The lowest BCUT2D eigenvalue weighted by molar-refractivity contribution is 0.0977. The predicted octanol–water partition coefficient (Wildman–Crippen LogP) is 5.70. The number of hydrogen-bond donors (Lipinski definition) is 2. The fraction of sp³-hybridized carbons (Fsp3) is 0.0455. The van der Waals surface area contributed by atoms with E-state index in [0.29, 0.717) is 17.0 Å². The number of anilines is 1. The minimum Gasteiger partial charge on any atom is -0.495 e. The first-order valence-electron chi connectivity index (χ1n) is 8.95. The van der Waals surface area contributed by atoms with Gasteiger partial charge in [-0.1, -0.05) is 12.1 Å². The highest BCUT2D eigenvalue weighted by atomic mass is 127. The van der Waals surface area contributed by atoms with Crippen LogP contribution in [-0.4, -0.2) is 23.1 Å². The highest BCUT2D eigenvalue weighted by Crippen LogP contribution is 2.34. The molecule has 0 spiro atoms. The Morgan fingerprint density at radius 1 is 1.10 bits per heavy atom. The lowest BCUT2D eigenvalue weighted by Crippen LogP contribution is -2.34. The molecule has 2 N–H and O–H groups in total. The second-order valence-corrected chi connectivity index (χ2v) is 9.00. The van der Waals surface area contributed by atoms with Crippen molar-refractivity contribution in [2.75, 3.05) is 12.4 Å². The number of halogens is 1. The number of carbonyl (C=O) groups is 1. The molecule has 0 aliphatic rings. The number of thiocarbonyl (C=S) groups is 1. The molecule has 0 saturated carbocycles. The molecule has 5 nitrogen and oxygen atoms in total. The van der Waals surface area contributed by atoms with Crippen LogP contribution in [0.15, 0.2) is 66.7 Å². The zero-order chi connectivity index (χ0) is 21.1. The van der Waals surface area contributed by atoms with Crippen molar-refractivity contribution in [3.05, 3.63) is 75.9 Å². The first kappa shape index (κ1) is 20.7. The summed E-state index contributed by atoms with van der Waals surface area (Å²) >= 11 is 9.15. The van der Waals surface area contributed by atoms with Gasteiger partial charge in [-0.3, -0.25) is 10.1 Å². The van der Waals surface area contributed by atoms with Gasteiger partial charge in [-0.25, -0.2) is 4.98 Å². The lowest BCUT2D eigenvalue weighted by atomic mass is 10.2. The lowest BCUT2D eigenvalue weighted by Gasteiger charge is -2.14. The van der Waals surface area contributed by atoms with Gasteiger partial charge in [-0.15, -0.1) is 11.3 Å². The molecular formula is C22H16IN3O2S2. The van der Waals surface area contributed by atoms with Crippen LogP contribution < -0.4 is 15.4 Å². The number of carbonyl (C=O) groups excluding carboxylic acids is 1. The van der Waals surface area contributed by atoms with Gasteiger partial charge in [-0.05, 0) is 89.4 Å². The van der Waals surface area contributed by atoms with E-state index in [1.54, 1.807) is 30.6 Å². The number of fused-ring (bicyclic) bond motifs is 1. The minimum absolute atomic E-state index is 0.193. The van der Waals surface area contributed by atoms with Crippen molar-refractivity contribution in [2.24, 2.45) is 0 Å². The summed E-state index contributed by atoms with van der Waals surface area (Å²) < 4.78 is 7.63. The van der Waals surface area contributed by atoms with Gasteiger partial charge in [0.2, 0.25) is 0 Å². The van der Waals surface area contributed by atoms with Crippen LogP contribution in [0.1, 0.15) is 10.4 Å².